The molecule has 0 aromatic heterocycles. The topological polar surface area (TPSA) is 66.6 Å². The van der Waals surface area contributed by atoms with Gasteiger partial charge in [-0.1, -0.05) is 6.92 Å². The van der Waals surface area contributed by atoms with Gasteiger partial charge < -0.3 is 5.73 Å². The van der Waals surface area contributed by atoms with Gasteiger partial charge >= 0.3 is 0 Å². The molecule has 2 aliphatic heterocycles. The van der Waals surface area contributed by atoms with Crippen molar-refractivity contribution in [1.82, 2.24) is 8.61 Å². The van der Waals surface area contributed by atoms with Gasteiger partial charge in [-0.2, -0.15) is 17.0 Å². The molecule has 2 aliphatic rings. The summed E-state index contributed by atoms with van der Waals surface area (Å²) in [6, 6.07) is 0.0745. The van der Waals surface area contributed by atoms with Crippen molar-refractivity contribution in [3.8, 4) is 0 Å². The molecule has 2 heterocycles. The molecule has 18 heavy (non-hydrogen) atoms. The number of hydrogen-bond donors (Lipinski definition) is 1. The molecule has 0 aliphatic carbocycles. The van der Waals surface area contributed by atoms with E-state index in [0.29, 0.717) is 38.0 Å². The molecule has 0 amide bonds. The van der Waals surface area contributed by atoms with Crippen LogP contribution in [0, 0.1) is 11.8 Å². The van der Waals surface area contributed by atoms with E-state index in [4.69, 9.17) is 5.73 Å². The predicted octanol–water partition coefficient (Wildman–Crippen LogP) is 0.632. The molecule has 3 unspecified atom stereocenters. The molecule has 0 aromatic rings. The lowest BCUT2D eigenvalue weighted by Crippen LogP contribution is -2.47. The van der Waals surface area contributed by atoms with Crippen molar-refractivity contribution in [2.24, 2.45) is 17.6 Å². The van der Waals surface area contributed by atoms with Gasteiger partial charge in [-0.3, -0.25) is 0 Å². The molecule has 0 spiro atoms. The summed E-state index contributed by atoms with van der Waals surface area (Å²) in [6.07, 6.45) is 3.00. The van der Waals surface area contributed by atoms with Gasteiger partial charge in [0.05, 0.1) is 0 Å². The third-order valence-electron chi connectivity index (χ3n) is 4.20. The first-order valence-electron chi connectivity index (χ1n) is 6.92. The van der Waals surface area contributed by atoms with Crippen LogP contribution >= 0.6 is 0 Å². The number of nitrogens with two attached hydrogens (primary N) is 1. The van der Waals surface area contributed by atoms with Gasteiger partial charge in [0.2, 0.25) is 0 Å². The van der Waals surface area contributed by atoms with Gasteiger partial charge in [0.1, 0.15) is 0 Å². The smallest absolute Gasteiger partial charge is 0.281 e. The monoisotopic (exact) mass is 275 g/mol. The quantitative estimate of drug-likeness (QED) is 0.821. The van der Waals surface area contributed by atoms with Crippen molar-refractivity contribution >= 4 is 10.2 Å². The largest absolute Gasteiger partial charge is 0.328 e. The molecule has 0 saturated carbocycles. The van der Waals surface area contributed by atoms with Crippen LogP contribution in [0.2, 0.25) is 0 Å². The van der Waals surface area contributed by atoms with Gasteiger partial charge in [0.25, 0.3) is 10.2 Å². The third kappa shape index (κ3) is 2.87. The standard InChI is InChI=1S/C12H25N3O2S/c1-10-4-3-6-14(8-10)18(16,17)15-7-5-12(9-15)11(2)13/h10-12H,3-9,13H2,1-2H3. The van der Waals surface area contributed by atoms with Gasteiger partial charge in [-0.15, -0.1) is 0 Å². The zero-order chi connectivity index (χ0) is 13.3. The first kappa shape index (κ1) is 14.2. The lowest BCUT2D eigenvalue weighted by molar-refractivity contribution is 0.262. The molecule has 5 nitrogen and oxygen atoms in total. The zero-order valence-electron chi connectivity index (χ0n) is 11.4. The van der Waals surface area contributed by atoms with E-state index in [2.05, 4.69) is 6.92 Å². The Morgan fingerprint density at radius 1 is 1.17 bits per heavy atom. The summed E-state index contributed by atoms with van der Waals surface area (Å²) in [5.41, 5.74) is 5.87. The minimum absolute atomic E-state index is 0.0745. The Morgan fingerprint density at radius 3 is 2.39 bits per heavy atom. The molecule has 2 saturated heterocycles. The van der Waals surface area contributed by atoms with E-state index in [-0.39, 0.29) is 6.04 Å². The summed E-state index contributed by atoms with van der Waals surface area (Å²) < 4.78 is 28.3. The Hall–Kier alpha value is -0.170. The van der Waals surface area contributed by atoms with Crippen molar-refractivity contribution in [3.63, 3.8) is 0 Å². The van der Waals surface area contributed by atoms with Crippen LogP contribution in [0.25, 0.3) is 0 Å². The molecule has 0 radical (unpaired) electrons. The summed E-state index contributed by atoms with van der Waals surface area (Å²) >= 11 is 0. The molecule has 2 rings (SSSR count). The Labute approximate surface area is 110 Å². The lowest BCUT2D eigenvalue weighted by Gasteiger charge is -2.33. The number of piperidine rings is 1. The van der Waals surface area contributed by atoms with Crippen LogP contribution in [0.5, 0.6) is 0 Å². The summed E-state index contributed by atoms with van der Waals surface area (Å²) in [7, 11) is -3.25. The lowest BCUT2D eigenvalue weighted by atomic mass is 10.0. The Bertz CT molecular complexity index is 383. The predicted molar refractivity (Wildman–Crippen MR) is 72.2 cm³/mol. The van der Waals surface area contributed by atoms with Crippen molar-refractivity contribution in [3.05, 3.63) is 0 Å². The fourth-order valence-corrected chi connectivity index (χ4v) is 4.76. The van der Waals surface area contributed by atoms with E-state index in [1.54, 1.807) is 8.61 Å². The molecule has 0 aromatic carbocycles. The van der Waals surface area contributed by atoms with Crippen LogP contribution in [0.1, 0.15) is 33.1 Å². The zero-order valence-corrected chi connectivity index (χ0v) is 12.2. The maximum Gasteiger partial charge on any atom is 0.281 e. The first-order valence-corrected chi connectivity index (χ1v) is 8.31. The Kier molecular flexibility index (Phi) is 4.31. The Balaban J connectivity index is 2.03. The van der Waals surface area contributed by atoms with Gasteiger partial charge in [0.15, 0.2) is 0 Å². The summed E-state index contributed by atoms with van der Waals surface area (Å²) in [5, 5.41) is 0. The SMILES string of the molecule is CC1CCCN(S(=O)(=O)N2CCC(C(C)N)C2)C1. The number of nitrogens with zero attached hydrogens (tertiary/aromatic N) is 2. The van der Waals surface area contributed by atoms with Gasteiger partial charge in [0, 0.05) is 32.2 Å². The van der Waals surface area contributed by atoms with Crippen molar-refractivity contribution < 1.29 is 8.42 Å². The number of rotatable bonds is 3. The van der Waals surface area contributed by atoms with Crippen molar-refractivity contribution in [2.75, 3.05) is 26.2 Å². The average Bonchev–Trinajstić information content (AvgIpc) is 2.79. The minimum atomic E-state index is -3.25. The second kappa shape index (κ2) is 5.45. The molecular weight excluding hydrogens is 250 g/mol. The molecule has 2 fully saturated rings. The van der Waals surface area contributed by atoms with Crippen LogP contribution in [-0.4, -0.2) is 49.2 Å². The van der Waals surface area contributed by atoms with Gasteiger partial charge in [-0.25, -0.2) is 0 Å². The van der Waals surface area contributed by atoms with Crippen molar-refractivity contribution in [1.29, 1.82) is 0 Å². The molecular formula is C12H25N3O2S. The summed E-state index contributed by atoms with van der Waals surface area (Å²) in [4.78, 5) is 0. The molecule has 3 atom stereocenters. The maximum absolute atomic E-state index is 12.5. The van der Waals surface area contributed by atoms with E-state index >= 15 is 0 Å². The Morgan fingerprint density at radius 2 is 1.83 bits per heavy atom. The third-order valence-corrected chi connectivity index (χ3v) is 6.17. The fourth-order valence-electron chi connectivity index (χ4n) is 2.91. The highest BCUT2D eigenvalue weighted by molar-refractivity contribution is 7.86. The van der Waals surface area contributed by atoms with Crippen LogP contribution < -0.4 is 5.73 Å². The second-order valence-corrected chi connectivity index (χ2v) is 7.81. The van der Waals surface area contributed by atoms with Crippen LogP contribution in [-0.2, 0) is 10.2 Å². The van der Waals surface area contributed by atoms with E-state index in [9.17, 15) is 8.42 Å². The molecule has 2 N–H and O–H groups in total. The second-order valence-electron chi connectivity index (χ2n) is 5.88. The van der Waals surface area contributed by atoms with E-state index in [1.807, 2.05) is 6.92 Å². The normalized spacial score (nSPS) is 33.7. The average molecular weight is 275 g/mol. The highest BCUT2D eigenvalue weighted by atomic mass is 32.2. The van der Waals surface area contributed by atoms with Crippen LogP contribution in [0.15, 0.2) is 0 Å². The molecule has 106 valence electrons. The van der Waals surface area contributed by atoms with Crippen LogP contribution in [0.4, 0.5) is 0 Å². The molecule has 6 heteroatoms. The maximum atomic E-state index is 12.5. The minimum Gasteiger partial charge on any atom is -0.328 e. The first-order chi connectivity index (χ1) is 8.41. The van der Waals surface area contributed by atoms with Crippen LogP contribution in [0.3, 0.4) is 0 Å². The van der Waals surface area contributed by atoms with E-state index in [0.717, 1.165) is 19.3 Å². The summed E-state index contributed by atoms with van der Waals surface area (Å²) in [6.45, 7) is 6.64. The van der Waals surface area contributed by atoms with Gasteiger partial charge in [-0.05, 0) is 38.0 Å². The highest BCUT2D eigenvalue weighted by Gasteiger charge is 2.37. The highest BCUT2D eigenvalue weighted by Crippen LogP contribution is 2.26. The van der Waals surface area contributed by atoms with E-state index in [1.165, 1.54) is 0 Å². The fraction of sp³-hybridized carbons (Fsp3) is 1.00. The van der Waals surface area contributed by atoms with Crippen molar-refractivity contribution in [2.45, 2.75) is 39.2 Å². The van der Waals surface area contributed by atoms with E-state index < -0.39 is 10.2 Å². The number of hydrogen-bond acceptors (Lipinski definition) is 3. The summed E-state index contributed by atoms with van der Waals surface area (Å²) in [5.74, 6) is 0.780. The molecule has 0 bridgehead atoms.